The van der Waals surface area contributed by atoms with Crippen molar-refractivity contribution in [1.82, 2.24) is 4.98 Å². The largest absolute Gasteiger partial charge is 0.302 e. The first-order chi connectivity index (χ1) is 13.4. The molecule has 0 aliphatic heterocycles. The van der Waals surface area contributed by atoms with Crippen LogP contribution < -0.4 is 5.32 Å². The van der Waals surface area contributed by atoms with Gasteiger partial charge in [-0.15, -0.1) is 23.1 Å². The molecule has 0 spiro atoms. The van der Waals surface area contributed by atoms with Crippen molar-refractivity contribution in [3.63, 3.8) is 0 Å². The molecule has 1 amide bonds. The van der Waals surface area contributed by atoms with Crippen molar-refractivity contribution in [1.29, 1.82) is 0 Å². The molecule has 3 rings (SSSR count). The molecule has 146 valence electrons. The third-order valence-electron chi connectivity index (χ3n) is 4.52. The maximum Gasteiger partial charge on any atom is 0.226 e. The monoisotopic (exact) mass is 410 g/mol. The number of aryl methyl sites for hydroxylation is 4. The summed E-state index contributed by atoms with van der Waals surface area (Å²) in [5.41, 5.74) is 7.05. The van der Waals surface area contributed by atoms with Crippen LogP contribution in [0, 0.1) is 27.7 Å². The number of thiazole rings is 1. The number of benzene rings is 2. The number of hydrogen-bond donors (Lipinski definition) is 1. The van der Waals surface area contributed by atoms with Crippen molar-refractivity contribution >= 4 is 34.1 Å². The normalized spacial score (nSPS) is 10.9. The summed E-state index contributed by atoms with van der Waals surface area (Å²) < 4.78 is 0. The quantitative estimate of drug-likeness (QED) is 0.354. The minimum Gasteiger partial charge on any atom is -0.302 e. The van der Waals surface area contributed by atoms with Gasteiger partial charge in [0, 0.05) is 22.3 Å². The van der Waals surface area contributed by atoms with Gasteiger partial charge in [-0.3, -0.25) is 4.79 Å². The number of rotatable bonds is 7. The van der Waals surface area contributed by atoms with E-state index >= 15 is 0 Å². The summed E-state index contributed by atoms with van der Waals surface area (Å²) in [4.78, 5) is 18.1. The Morgan fingerprint density at radius 1 is 1.04 bits per heavy atom. The van der Waals surface area contributed by atoms with E-state index in [1.165, 1.54) is 38.5 Å². The lowest BCUT2D eigenvalue weighted by atomic mass is 9.98. The van der Waals surface area contributed by atoms with Gasteiger partial charge in [0.15, 0.2) is 5.13 Å². The highest BCUT2D eigenvalue weighted by atomic mass is 32.2. The van der Waals surface area contributed by atoms with Crippen LogP contribution in [0.1, 0.15) is 35.1 Å². The van der Waals surface area contributed by atoms with Gasteiger partial charge in [0.1, 0.15) is 0 Å². The summed E-state index contributed by atoms with van der Waals surface area (Å²) in [6.07, 6.45) is 1.36. The molecule has 0 aliphatic rings. The smallest absolute Gasteiger partial charge is 0.226 e. The van der Waals surface area contributed by atoms with Crippen LogP contribution in [-0.2, 0) is 4.79 Å². The molecular weight excluding hydrogens is 384 g/mol. The maximum atomic E-state index is 12.2. The first-order valence-corrected chi connectivity index (χ1v) is 11.3. The molecule has 0 saturated carbocycles. The first-order valence-electron chi connectivity index (χ1n) is 9.45. The van der Waals surface area contributed by atoms with Crippen molar-refractivity contribution in [2.45, 2.75) is 45.4 Å². The molecule has 0 radical (unpaired) electrons. The molecular formula is C23H26N2OS2. The van der Waals surface area contributed by atoms with Gasteiger partial charge in [-0.1, -0.05) is 35.4 Å². The first kappa shape index (κ1) is 20.6. The number of amides is 1. The van der Waals surface area contributed by atoms with Crippen molar-refractivity contribution in [2.75, 3.05) is 11.1 Å². The highest BCUT2D eigenvalue weighted by Crippen LogP contribution is 2.31. The van der Waals surface area contributed by atoms with Gasteiger partial charge in [0.05, 0.1) is 5.69 Å². The van der Waals surface area contributed by atoms with Crippen molar-refractivity contribution in [3.05, 3.63) is 64.0 Å². The zero-order valence-corrected chi connectivity index (χ0v) is 18.5. The lowest BCUT2D eigenvalue weighted by Gasteiger charge is -2.08. The number of aromatic nitrogens is 1. The predicted octanol–water partition coefficient (Wildman–Crippen LogP) is 6.55. The lowest BCUT2D eigenvalue weighted by molar-refractivity contribution is -0.116. The van der Waals surface area contributed by atoms with Crippen LogP contribution in [0.5, 0.6) is 0 Å². The minimum absolute atomic E-state index is 0.0303. The molecule has 28 heavy (non-hydrogen) atoms. The van der Waals surface area contributed by atoms with Gasteiger partial charge < -0.3 is 5.32 Å². The van der Waals surface area contributed by atoms with Gasteiger partial charge in [0.2, 0.25) is 5.91 Å². The fourth-order valence-corrected chi connectivity index (χ4v) is 4.84. The molecule has 1 heterocycles. The Balaban J connectivity index is 1.51. The van der Waals surface area contributed by atoms with E-state index in [0.717, 1.165) is 23.4 Å². The fourth-order valence-electron chi connectivity index (χ4n) is 3.27. The number of hydrogen-bond acceptors (Lipinski definition) is 4. The zero-order valence-electron chi connectivity index (χ0n) is 16.8. The SMILES string of the molecule is Cc1ccc(SCCCC(=O)Nc2nc(-c3c(C)cc(C)cc3C)cs2)cc1. The second kappa shape index (κ2) is 9.39. The Kier molecular flexibility index (Phi) is 6.92. The van der Waals surface area contributed by atoms with Gasteiger partial charge in [0.25, 0.3) is 0 Å². The molecule has 2 aromatic carbocycles. The summed E-state index contributed by atoms with van der Waals surface area (Å²) in [5.74, 6) is 0.962. The predicted molar refractivity (Wildman–Crippen MR) is 122 cm³/mol. The number of anilines is 1. The van der Waals surface area contributed by atoms with Crippen molar-refractivity contribution in [2.24, 2.45) is 0 Å². The molecule has 5 heteroatoms. The van der Waals surface area contributed by atoms with E-state index in [1.54, 1.807) is 11.8 Å². The average Bonchev–Trinajstić information content (AvgIpc) is 3.07. The standard InChI is InChI=1S/C23H26N2OS2/c1-15-7-9-19(10-8-15)27-11-5-6-21(26)25-23-24-20(14-28-23)22-17(3)12-16(2)13-18(22)4/h7-10,12-14H,5-6,11H2,1-4H3,(H,24,25,26). The summed E-state index contributed by atoms with van der Waals surface area (Å²) in [7, 11) is 0. The van der Waals surface area contributed by atoms with E-state index in [2.05, 4.69) is 74.4 Å². The molecule has 1 aromatic heterocycles. The van der Waals surface area contributed by atoms with Gasteiger partial charge in [-0.25, -0.2) is 4.98 Å². The van der Waals surface area contributed by atoms with E-state index in [0.29, 0.717) is 11.6 Å². The van der Waals surface area contributed by atoms with Crippen LogP contribution in [0.15, 0.2) is 46.7 Å². The summed E-state index contributed by atoms with van der Waals surface area (Å²) in [6.45, 7) is 8.41. The van der Waals surface area contributed by atoms with Crippen molar-refractivity contribution in [3.8, 4) is 11.3 Å². The summed E-state index contributed by atoms with van der Waals surface area (Å²) in [5, 5.41) is 5.64. The minimum atomic E-state index is 0.0303. The molecule has 3 nitrogen and oxygen atoms in total. The number of nitrogens with one attached hydrogen (secondary N) is 1. The van der Waals surface area contributed by atoms with Crippen LogP contribution in [0.3, 0.4) is 0 Å². The summed E-state index contributed by atoms with van der Waals surface area (Å²) in [6, 6.07) is 12.8. The third kappa shape index (κ3) is 5.46. The van der Waals surface area contributed by atoms with Crippen molar-refractivity contribution < 1.29 is 4.79 Å². The van der Waals surface area contributed by atoms with E-state index in [-0.39, 0.29) is 5.91 Å². The number of carbonyl (C=O) groups is 1. The molecule has 1 N–H and O–H groups in total. The molecule has 0 saturated heterocycles. The second-order valence-corrected chi connectivity index (χ2v) is 9.15. The van der Waals surface area contributed by atoms with E-state index < -0.39 is 0 Å². The Morgan fingerprint density at radius 3 is 2.39 bits per heavy atom. The Hall–Kier alpha value is -2.11. The zero-order chi connectivity index (χ0) is 20.1. The van der Waals surface area contributed by atoms with Gasteiger partial charge in [-0.05, 0) is 63.1 Å². The Labute approximate surface area is 175 Å². The van der Waals surface area contributed by atoms with Gasteiger partial charge in [-0.2, -0.15) is 0 Å². The third-order valence-corrected chi connectivity index (χ3v) is 6.38. The van der Waals surface area contributed by atoms with Crippen LogP contribution in [0.4, 0.5) is 5.13 Å². The molecule has 0 atom stereocenters. The lowest BCUT2D eigenvalue weighted by Crippen LogP contribution is -2.11. The number of nitrogens with zero attached hydrogens (tertiary/aromatic N) is 1. The van der Waals surface area contributed by atoms with Crippen LogP contribution in [-0.4, -0.2) is 16.6 Å². The molecule has 0 bridgehead atoms. The molecule has 0 aliphatic carbocycles. The molecule has 0 fully saturated rings. The van der Waals surface area contributed by atoms with Crippen LogP contribution in [0.2, 0.25) is 0 Å². The fraction of sp³-hybridized carbons (Fsp3) is 0.304. The highest BCUT2D eigenvalue weighted by molar-refractivity contribution is 7.99. The van der Waals surface area contributed by atoms with E-state index in [1.807, 2.05) is 5.38 Å². The van der Waals surface area contributed by atoms with E-state index in [9.17, 15) is 4.79 Å². The second-order valence-electron chi connectivity index (χ2n) is 7.12. The number of carbonyl (C=O) groups excluding carboxylic acids is 1. The van der Waals surface area contributed by atoms with Crippen LogP contribution >= 0.6 is 23.1 Å². The summed E-state index contributed by atoms with van der Waals surface area (Å²) >= 11 is 3.27. The molecule has 3 aromatic rings. The van der Waals surface area contributed by atoms with Gasteiger partial charge >= 0.3 is 0 Å². The van der Waals surface area contributed by atoms with Crippen LogP contribution in [0.25, 0.3) is 11.3 Å². The topological polar surface area (TPSA) is 42.0 Å². The molecule has 0 unspecified atom stereocenters. The Bertz CT molecular complexity index is 938. The highest BCUT2D eigenvalue weighted by Gasteiger charge is 2.12. The maximum absolute atomic E-state index is 12.2. The average molecular weight is 411 g/mol. The Morgan fingerprint density at radius 2 is 1.71 bits per heavy atom. The van der Waals surface area contributed by atoms with E-state index in [4.69, 9.17) is 0 Å². The number of thioether (sulfide) groups is 1.